The third-order valence-corrected chi connectivity index (χ3v) is 3.08. The van der Waals surface area contributed by atoms with Crippen molar-refractivity contribution in [2.24, 2.45) is 17.8 Å². The zero-order valence-corrected chi connectivity index (χ0v) is 9.77. The maximum absolute atomic E-state index is 3.54. The molecule has 0 heterocycles. The quantitative estimate of drug-likeness (QED) is 0.662. The summed E-state index contributed by atoms with van der Waals surface area (Å²) in [6, 6.07) is 0. The molecule has 2 unspecified atom stereocenters. The normalized spacial score (nSPS) is 25.4. The third-order valence-electron chi connectivity index (χ3n) is 3.08. The molecule has 1 aliphatic rings. The van der Waals surface area contributed by atoms with Gasteiger partial charge < -0.3 is 5.32 Å². The van der Waals surface area contributed by atoms with Gasteiger partial charge in [0, 0.05) is 6.42 Å². The van der Waals surface area contributed by atoms with Crippen molar-refractivity contribution in [3.8, 4) is 11.8 Å². The molecule has 0 aliphatic heterocycles. The molecule has 0 spiro atoms. The molecule has 0 bridgehead atoms. The molecule has 1 heteroatoms. The largest absolute Gasteiger partial charge is 0.316 e. The maximum Gasteiger partial charge on any atom is 0.0120 e. The van der Waals surface area contributed by atoms with E-state index in [4.69, 9.17) is 0 Å². The van der Waals surface area contributed by atoms with Crippen LogP contribution >= 0.6 is 0 Å². The molecule has 80 valence electrons. The lowest BCUT2D eigenvalue weighted by Crippen LogP contribution is -2.36. The second-order valence-corrected chi connectivity index (χ2v) is 4.78. The van der Waals surface area contributed by atoms with Gasteiger partial charge in [0.25, 0.3) is 0 Å². The summed E-state index contributed by atoms with van der Waals surface area (Å²) in [7, 11) is 0. The summed E-state index contributed by atoms with van der Waals surface area (Å²) in [6.07, 6.45) is 3.91. The van der Waals surface area contributed by atoms with Gasteiger partial charge in [0.1, 0.15) is 0 Å². The van der Waals surface area contributed by atoms with E-state index in [9.17, 15) is 0 Å². The summed E-state index contributed by atoms with van der Waals surface area (Å²) >= 11 is 0. The Hall–Kier alpha value is -0.480. The van der Waals surface area contributed by atoms with E-state index < -0.39 is 0 Å². The lowest BCUT2D eigenvalue weighted by atomic mass is 9.72. The second-order valence-electron chi connectivity index (χ2n) is 4.78. The molecule has 1 fully saturated rings. The van der Waals surface area contributed by atoms with E-state index in [0.29, 0.717) is 0 Å². The molecule has 14 heavy (non-hydrogen) atoms. The van der Waals surface area contributed by atoms with Gasteiger partial charge in [0.05, 0.1) is 0 Å². The van der Waals surface area contributed by atoms with Crippen molar-refractivity contribution in [3.05, 3.63) is 0 Å². The molecule has 0 radical (unpaired) electrons. The van der Waals surface area contributed by atoms with Crippen molar-refractivity contribution < 1.29 is 0 Å². The van der Waals surface area contributed by atoms with E-state index in [1.165, 1.54) is 19.4 Å². The topological polar surface area (TPSA) is 12.0 Å². The van der Waals surface area contributed by atoms with Gasteiger partial charge in [0.2, 0.25) is 0 Å². The van der Waals surface area contributed by atoms with E-state index in [1.54, 1.807) is 0 Å². The van der Waals surface area contributed by atoms with Crippen molar-refractivity contribution in [2.75, 3.05) is 13.1 Å². The molecule has 1 rings (SSSR count). The fraction of sp³-hybridized carbons (Fsp3) is 0.846. The van der Waals surface area contributed by atoms with Crippen LogP contribution in [0.3, 0.4) is 0 Å². The summed E-state index contributed by atoms with van der Waals surface area (Å²) < 4.78 is 0. The van der Waals surface area contributed by atoms with Crippen molar-refractivity contribution in [1.29, 1.82) is 0 Å². The fourth-order valence-electron chi connectivity index (χ4n) is 1.97. The number of rotatable bonds is 5. The van der Waals surface area contributed by atoms with Crippen molar-refractivity contribution >= 4 is 0 Å². The summed E-state index contributed by atoms with van der Waals surface area (Å²) in [5.41, 5.74) is 0. The highest BCUT2D eigenvalue weighted by atomic mass is 14.9. The van der Waals surface area contributed by atoms with E-state index in [2.05, 4.69) is 31.0 Å². The van der Waals surface area contributed by atoms with Crippen molar-refractivity contribution in [1.82, 2.24) is 5.32 Å². The highest BCUT2D eigenvalue weighted by Crippen LogP contribution is 2.35. The first-order valence-corrected chi connectivity index (χ1v) is 5.84. The van der Waals surface area contributed by atoms with Crippen LogP contribution in [0.1, 0.15) is 40.0 Å². The minimum atomic E-state index is 0.768. The summed E-state index contributed by atoms with van der Waals surface area (Å²) in [5.74, 6) is 8.74. The molecule has 0 amide bonds. The van der Waals surface area contributed by atoms with E-state index in [0.717, 1.165) is 30.7 Å². The van der Waals surface area contributed by atoms with Crippen LogP contribution in [-0.2, 0) is 0 Å². The van der Waals surface area contributed by atoms with Crippen LogP contribution in [0.4, 0.5) is 0 Å². The van der Waals surface area contributed by atoms with E-state index >= 15 is 0 Å². The van der Waals surface area contributed by atoms with Crippen molar-refractivity contribution in [2.45, 2.75) is 40.0 Å². The monoisotopic (exact) mass is 193 g/mol. The van der Waals surface area contributed by atoms with Gasteiger partial charge in [0.15, 0.2) is 0 Å². The van der Waals surface area contributed by atoms with Gasteiger partial charge in [-0.05, 0) is 50.6 Å². The highest BCUT2D eigenvalue weighted by Gasteiger charge is 2.29. The van der Waals surface area contributed by atoms with Gasteiger partial charge in [-0.2, -0.15) is 0 Å². The molecule has 1 aliphatic carbocycles. The summed E-state index contributed by atoms with van der Waals surface area (Å²) in [6.45, 7) is 8.81. The van der Waals surface area contributed by atoms with Gasteiger partial charge in [-0.1, -0.05) is 13.8 Å². The molecule has 1 N–H and O–H groups in total. The first-order valence-electron chi connectivity index (χ1n) is 5.84. The number of nitrogens with one attached hydrogen (secondary N) is 1. The zero-order valence-electron chi connectivity index (χ0n) is 9.77. The fourth-order valence-corrected chi connectivity index (χ4v) is 1.97. The lowest BCUT2D eigenvalue weighted by molar-refractivity contribution is 0.175. The standard InChI is InChI=1S/C13H23N/c1-4-5-6-12-7-8-13(12)10-14-9-11(2)3/h11-14H,6-10H2,1-3H3. The second kappa shape index (κ2) is 6.09. The Labute approximate surface area is 88.7 Å². The SMILES string of the molecule is CC#CCC1CCC1CNCC(C)C. The number of hydrogen-bond donors (Lipinski definition) is 1. The molecular weight excluding hydrogens is 170 g/mol. The van der Waals surface area contributed by atoms with Crippen LogP contribution in [0.25, 0.3) is 0 Å². The first-order chi connectivity index (χ1) is 6.74. The Kier molecular flexibility index (Phi) is 5.04. The van der Waals surface area contributed by atoms with E-state index in [-0.39, 0.29) is 0 Å². The third kappa shape index (κ3) is 3.72. The Morgan fingerprint density at radius 1 is 1.29 bits per heavy atom. The lowest BCUT2D eigenvalue weighted by Gasteiger charge is -2.36. The van der Waals surface area contributed by atoms with Gasteiger partial charge in [-0.15, -0.1) is 11.8 Å². The smallest absolute Gasteiger partial charge is 0.0120 e. The van der Waals surface area contributed by atoms with Crippen LogP contribution in [0, 0.1) is 29.6 Å². The molecule has 0 aromatic carbocycles. The minimum Gasteiger partial charge on any atom is -0.316 e. The number of hydrogen-bond acceptors (Lipinski definition) is 1. The van der Waals surface area contributed by atoms with Gasteiger partial charge >= 0.3 is 0 Å². The van der Waals surface area contributed by atoms with Crippen LogP contribution in [0.5, 0.6) is 0 Å². The molecule has 1 nitrogen and oxygen atoms in total. The van der Waals surface area contributed by atoms with Gasteiger partial charge in [-0.25, -0.2) is 0 Å². The minimum absolute atomic E-state index is 0.768. The Bertz CT molecular complexity index is 209. The zero-order chi connectivity index (χ0) is 10.4. The molecule has 2 atom stereocenters. The molecular formula is C13H23N. The van der Waals surface area contributed by atoms with Crippen LogP contribution < -0.4 is 5.32 Å². The maximum atomic E-state index is 3.54. The average Bonchev–Trinajstić information content (AvgIpc) is 2.11. The van der Waals surface area contributed by atoms with E-state index in [1.807, 2.05) is 6.92 Å². The van der Waals surface area contributed by atoms with Crippen LogP contribution in [0.15, 0.2) is 0 Å². The summed E-state index contributed by atoms with van der Waals surface area (Å²) in [4.78, 5) is 0. The van der Waals surface area contributed by atoms with Gasteiger partial charge in [-0.3, -0.25) is 0 Å². The van der Waals surface area contributed by atoms with Crippen molar-refractivity contribution in [3.63, 3.8) is 0 Å². The molecule has 0 aromatic rings. The Morgan fingerprint density at radius 3 is 2.50 bits per heavy atom. The highest BCUT2D eigenvalue weighted by molar-refractivity contribution is 4.99. The predicted octanol–water partition coefficient (Wildman–Crippen LogP) is 2.67. The first kappa shape index (κ1) is 11.6. The van der Waals surface area contributed by atoms with Crippen LogP contribution in [-0.4, -0.2) is 13.1 Å². The molecule has 0 saturated heterocycles. The van der Waals surface area contributed by atoms with Crippen LogP contribution in [0.2, 0.25) is 0 Å². The molecule has 1 saturated carbocycles. The Morgan fingerprint density at radius 2 is 2.00 bits per heavy atom. The average molecular weight is 193 g/mol. The summed E-state index contributed by atoms with van der Waals surface area (Å²) in [5, 5.41) is 3.54. The Balaban J connectivity index is 2.09. The molecule has 0 aromatic heterocycles. The predicted molar refractivity (Wildman–Crippen MR) is 62.0 cm³/mol.